The van der Waals surface area contributed by atoms with Crippen molar-refractivity contribution >= 4 is 38.9 Å². The zero-order valence-corrected chi connectivity index (χ0v) is 18.0. The fourth-order valence-electron chi connectivity index (χ4n) is 2.60. The van der Waals surface area contributed by atoms with E-state index in [9.17, 15) is 13.2 Å². The molecule has 0 atom stereocenters. The lowest BCUT2D eigenvalue weighted by molar-refractivity contribution is 0.0950. The van der Waals surface area contributed by atoms with Crippen molar-refractivity contribution in [2.24, 2.45) is 0 Å². The molecule has 2 aromatic carbocycles. The number of nitrogens with one attached hydrogen (secondary N) is 2. The lowest BCUT2D eigenvalue weighted by atomic mass is 10.1. The maximum Gasteiger partial charge on any atom is 0.262 e. The van der Waals surface area contributed by atoms with Crippen molar-refractivity contribution in [3.63, 3.8) is 0 Å². The number of aromatic nitrogens is 1. The van der Waals surface area contributed by atoms with Crippen LogP contribution in [-0.2, 0) is 21.4 Å². The van der Waals surface area contributed by atoms with Crippen molar-refractivity contribution in [3.8, 4) is 11.3 Å². The van der Waals surface area contributed by atoms with Crippen LogP contribution in [0.25, 0.3) is 11.3 Å². The molecule has 0 fully saturated rings. The highest BCUT2D eigenvalue weighted by atomic mass is 35.5. The Balaban J connectivity index is 1.67. The molecule has 2 N–H and O–H groups in total. The van der Waals surface area contributed by atoms with E-state index in [2.05, 4.69) is 15.1 Å². The third-order valence-electron chi connectivity index (χ3n) is 3.98. The zero-order chi connectivity index (χ0) is 21.0. The number of carbonyl (C=O) groups excluding carboxylic acids is 1. The minimum Gasteiger partial charge on any atom is -0.346 e. The van der Waals surface area contributed by atoms with Gasteiger partial charge < -0.3 is 5.32 Å². The Morgan fingerprint density at radius 1 is 1.14 bits per heavy atom. The number of nitrogens with zero attached hydrogens (tertiary/aromatic N) is 1. The van der Waals surface area contributed by atoms with Gasteiger partial charge in [0.05, 0.1) is 24.2 Å². The summed E-state index contributed by atoms with van der Waals surface area (Å²) < 4.78 is 23.7. The summed E-state index contributed by atoms with van der Waals surface area (Å²) in [6, 6.07) is 13.0. The first kappa shape index (κ1) is 21.4. The van der Waals surface area contributed by atoms with Gasteiger partial charge in [-0.25, -0.2) is 13.4 Å². The summed E-state index contributed by atoms with van der Waals surface area (Å²) in [5.41, 5.74) is 2.16. The molecule has 0 saturated heterocycles. The van der Waals surface area contributed by atoms with E-state index in [0.717, 1.165) is 21.1 Å². The Kier molecular flexibility index (Phi) is 6.66. The Hall–Kier alpha value is -2.30. The number of aryl methyl sites for hydroxylation is 1. The molecule has 0 aliphatic heterocycles. The second kappa shape index (κ2) is 9.02. The van der Waals surface area contributed by atoms with Gasteiger partial charge in [-0.3, -0.25) is 9.63 Å². The van der Waals surface area contributed by atoms with E-state index >= 15 is 0 Å². The number of carbonyl (C=O) groups is 1. The lowest BCUT2D eigenvalue weighted by Gasteiger charge is -2.06. The molecule has 3 aromatic rings. The molecule has 0 bridgehead atoms. The predicted octanol–water partition coefficient (Wildman–Crippen LogP) is 3.54. The SMILES string of the molecule is CONS(=O)(=O)c1ccc(C(=O)NCc2nc(-c3ccc(Cl)cc3)c(C)s2)cc1. The van der Waals surface area contributed by atoms with Gasteiger partial charge in [-0.1, -0.05) is 28.6 Å². The van der Waals surface area contributed by atoms with Gasteiger partial charge in [0.1, 0.15) is 5.01 Å². The van der Waals surface area contributed by atoms with Gasteiger partial charge in [0, 0.05) is 21.0 Å². The standard InChI is InChI=1S/C19H18ClN3O4S2/c1-12-18(13-3-7-15(20)8-4-13)22-17(28-12)11-21-19(24)14-5-9-16(10-6-14)29(25,26)23-27-2/h3-10,23H,11H2,1-2H3,(H,21,24). The molecular formula is C19H18ClN3O4S2. The molecule has 10 heteroatoms. The highest BCUT2D eigenvalue weighted by Gasteiger charge is 2.15. The highest BCUT2D eigenvalue weighted by Crippen LogP contribution is 2.28. The number of hydrogen-bond acceptors (Lipinski definition) is 6. The van der Waals surface area contributed by atoms with Crippen molar-refractivity contribution in [1.82, 2.24) is 15.2 Å². The van der Waals surface area contributed by atoms with E-state index < -0.39 is 10.0 Å². The lowest BCUT2D eigenvalue weighted by Crippen LogP contribution is -2.24. The van der Waals surface area contributed by atoms with Gasteiger partial charge >= 0.3 is 0 Å². The van der Waals surface area contributed by atoms with Gasteiger partial charge in [-0.2, -0.15) is 0 Å². The number of halogens is 1. The Bertz CT molecular complexity index is 1110. The van der Waals surface area contributed by atoms with Crippen LogP contribution in [0.15, 0.2) is 53.4 Å². The average molecular weight is 452 g/mol. The van der Waals surface area contributed by atoms with E-state index in [0.29, 0.717) is 10.6 Å². The normalized spacial score (nSPS) is 11.4. The Morgan fingerprint density at radius 2 is 1.79 bits per heavy atom. The minimum atomic E-state index is -3.76. The fourth-order valence-corrected chi connectivity index (χ4v) is 4.43. The quantitative estimate of drug-likeness (QED) is 0.535. The molecule has 0 aliphatic carbocycles. The van der Waals surface area contributed by atoms with Crippen LogP contribution in [-0.4, -0.2) is 26.4 Å². The van der Waals surface area contributed by atoms with Crippen LogP contribution in [0.3, 0.4) is 0 Å². The van der Waals surface area contributed by atoms with Crippen LogP contribution in [0.5, 0.6) is 0 Å². The molecule has 0 radical (unpaired) electrons. The van der Waals surface area contributed by atoms with Crippen LogP contribution in [0, 0.1) is 6.92 Å². The van der Waals surface area contributed by atoms with E-state index in [4.69, 9.17) is 11.6 Å². The third kappa shape index (κ3) is 5.20. The summed E-state index contributed by atoms with van der Waals surface area (Å²) >= 11 is 7.43. The number of benzene rings is 2. The fraction of sp³-hybridized carbons (Fsp3) is 0.158. The molecule has 1 aromatic heterocycles. The smallest absolute Gasteiger partial charge is 0.262 e. The summed E-state index contributed by atoms with van der Waals surface area (Å²) in [4.78, 5) is 24.4. The zero-order valence-electron chi connectivity index (χ0n) is 15.6. The van der Waals surface area contributed by atoms with Gasteiger partial charge in [0.25, 0.3) is 15.9 Å². The number of hydrogen-bond donors (Lipinski definition) is 2. The average Bonchev–Trinajstić information content (AvgIpc) is 3.07. The van der Waals surface area contributed by atoms with Crippen LogP contribution in [0.4, 0.5) is 0 Å². The molecule has 0 spiro atoms. The van der Waals surface area contributed by atoms with Crippen molar-refractivity contribution in [2.45, 2.75) is 18.4 Å². The first-order valence-corrected chi connectivity index (χ1v) is 11.1. The maximum absolute atomic E-state index is 12.4. The number of sulfonamides is 1. The summed E-state index contributed by atoms with van der Waals surface area (Å²) in [5.74, 6) is -0.324. The van der Waals surface area contributed by atoms with E-state index in [1.165, 1.54) is 42.7 Å². The number of amides is 1. The summed E-state index contributed by atoms with van der Waals surface area (Å²) in [6.45, 7) is 2.24. The summed E-state index contributed by atoms with van der Waals surface area (Å²) in [5, 5.41) is 4.22. The first-order chi connectivity index (χ1) is 13.8. The van der Waals surface area contributed by atoms with Gasteiger partial charge in [0.15, 0.2) is 0 Å². The molecular weight excluding hydrogens is 434 g/mol. The minimum absolute atomic E-state index is 0.000875. The first-order valence-electron chi connectivity index (χ1n) is 8.45. The van der Waals surface area contributed by atoms with Crippen LogP contribution < -0.4 is 10.2 Å². The molecule has 0 saturated carbocycles. The summed E-state index contributed by atoms with van der Waals surface area (Å²) in [7, 11) is -2.55. The summed E-state index contributed by atoms with van der Waals surface area (Å²) in [6.07, 6.45) is 0. The molecule has 0 unspecified atom stereocenters. The van der Waals surface area contributed by atoms with Crippen molar-refractivity contribution in [3.05, 3.63) is 69.0 Å². The number of rotatable bonds is 7. The molecule has 29 heavy (non-hydrogen) atoms. The molecule has 3 rings (SSSR count). The van der Waals surface area contributed by atoms with Gasteiger partial charge in [-0.15, -0.1) is 11.3 Å². The van der Waals surface area contributed by atoms with E-state index in [1.54, 1.807) is 0 Å². The van der Waals surface area contributed by atoms with Gasteiger partial charge in [0.2, 0.25) is 0 Å². The second-order valence-electron chi connectivity index (χ2n) is 6.02. The molecule has 152 valence electrons. The predicted molar refractivity (Wildman–Crippen MR) is 112 cm³/mol. The molecule has 1 heterocycles. The van der Waals surface area contributed by atoms with E-state index in [1.807, 2.05) is 36.1 Å². The monoisotopic (exact) mass is 451 g/mol. The maximum atomic E-state index is 12.4. The van der Waals surface area contributed by atoms with Crippen LogP contribution >= 0.6 is 22.9 Å². The highest BCUT2D eigenvalue weighted by molar-refractivity contribution is 7.89. The topological polar surface area (TPSA) is 97.4 Å². The Labute approximate surface area is 177 Å². The van der Waals surface area contributed by atoms with Crippen molar-refractivity contribution < 1.29 is 18.0 Å². The van der Waals surface area contributed by atoms with Gasteiger partial charge in [-0.05, 0) is 43.3 Å². The number of thiazole rings is 1. The van der Waals surface area contributed by atoms with Crippen LogP contribution in [0.1, 0.15) is 20.2 Å². The molecule has 0 aliphatic rings. The third-order valence-corrected chi connectivity index (χ3v) is 6.48. The van der Waals surface area contributed by atoms with Crippen molar-refractivity contribution in [1.29, 1.82) is 0 Å². The largest absolute Gasteiger partial charge is 0.346 e. The molecule has 7 nitrogen and oxygen atoms in total. The Morgan fingerprint density at radius 3 is 2.41 bits per heavy atom. The second-order valence-corrected chi connectivity index (χ2v) is 9.39. The van der Waals surface area contributed by atoms with Crippen molar-refractivity contribution in [2.75, 3.05) is 7.11 Å². The van der Waals surface area contributed by atoms with E-state index in [-0.39, 0.29) is 17.3 Å². The molecule has 1 amide bonds. The van der Waals surface area contributed by atoms with Crippen LogP contribution in [0.2, 0.25) is 5.02 Å².